The lowest BCUT2D eigenvalue weighted by Gasteiger charge is -2.27. The highest BCUT2D eigenvalue weighted by molar-refractivity contribution is 6.00. The predicted octanol–water partition coefficient (Wildman–Crippen LogP) is 6.26. The number of hydrogen-bond donors (Lipinski definition) is 2. The van der Waals surface area contributed by atoms with Gasteiger partial charge in [-0.05, 0) is 54.5 Å². The van der Waals surface area contributed by atoms with Crippen molar-refractivity contribution in [2.45, 2.75) is 65.8 Å². The smallest absolute Gasteiger partial charge is 0.273 e. The summed E-state index contributed by atoms with van der Waals surface area (Å²) >= 11 is 0. The molecule has 1 aromatic heterocycles. The molecule has 0 fully saturated rings. The van der Waals surface area contributed by atoms with Gasteiger partial charge in [0.2, 0.25) is 0 Å². The molecule has 0 bridgehead atoms. The highest BCUT2D eigenvalue weighted by Crippen LogP contribution is 2.45. The average Bonchev–Trinajstić information content (AvgIpc) is 3.27. The lowest BCUT2D eigenvalue weighted by molar-refractivity contribution is 0.0740. The summed E-state index contributed by atoms with van der Waals surface area (Å²) in [5.41, 5.74) is 7.05. The second kappa shape index (κ2) is 8.81. The molecule has 2 heterocycles. The van der Waals surface area contributed by atoms with Crippen LogP contribution in [0.2, 0.25) is 0 Å². The van der Waals surface area contributed by atoms with E-state index < -0.39 is 0 Å². The number of benzene rings is 2. The number of aromatic amines is 1. The quantitative estimate of drug-likeness (QED) is 0.434. The molecule has 0 spiro atoms. The van der Waals surface area contributed by atoms with Crippen LogP contribution < -0.4 is 0 Å². The summed E-state index contributed by atoms with van der Waals surface area (Å²) < 4.78 is 0. The minimum Gasteiger partial charge on any atom is -0.507 e. The third kappa shape index (κ3) is 3.81. The number of phenols is 1. The Kier molecular flexibility index (Phi) is 6.09. The molecule has 32 heavy (non-hydrogen) atoms. The second-order valence-electron chi connectivity index (χ2n) is 9.27. The van der Waals surface area contributed by atoms with E-state index >= 15 is 0 Å². The number of carbonyl (C=O) groups is 1. The summed E-state index contributed by atoms with van der Waals surface area (Å²) in [7, 11) is 0. The first-order chi connectivity index (χ1) is 15.3. The van der Waals surface area contributed by atoms with E-state index in [9.17, 15) is 9.90 Å². The van der Waals surface area contributed by atoms with Crippen LogP contribution in [0.1, 0.15) is 90.3 Å². The molecule has 2 aromatic carbocycles. The van der Waals surface area contributed by atoms with Crippen molar-refractivity contribution >= 4 is 5.91 Å². The van der Waals surface area contributed by atoms with Gasteiger partial charge in [-0.15, -0.1) is 0 Å². The zero-order chi connectivity index (χ0) is 23.0. The molecular formula is C27H33N3O2. The number of amides is 1. The van der Waals surface area contributed by atoms with Gasteiger partial charge in [-0.2, -0.15) is 5.10 Å². The minimum atomic E-state index is -0.218. The van der Waals surface area contributed by atoms with Gasteiger partial charge in [-0.1, -0.05) is 63.9 Å². The van der Waals surface area contributed by atoms with Gasteiger partial charge in [0.15, 0.2) is 0 Å². The van der Waals surface area contributed by atoms with Gasteiger partial charge in [0.1, 0.15) is 17.1 Å². The number of hydrogen-bond acceptors (Lipinski definition) is 3. The van der Waals surface area contributed by atoms with E-state index in [4.69, 9.17) is 0 Å². The zero-order valence-electron chi connectivity index (χ0n) is 19.7. The zero-order valence-corrected chi connectivity index (χ0v) is 19.7. The molecular weight excluding hydrogens is 398 g/mol. The molecule has 0 saturated carbocycles. The van der Waals surface area contributed by atoms with Crippen LogP contribution in [0.4, 0.5) is 0 Å². The SMILES string of the molecule is CCCCCN1C(=O)c2[nH]nc(-c3c(C)cc(C)cc3O)c2C1c1ccc(C(C)C)cc1. The fourth-order valence-electron chi connectivity index (χ4n) is 4.81. The van der Waals surface area contributed by atoms with E-state index in [1.807, 2.05) is 24.8 Å². The van der Waals surface area contributed by atoms with Gasteiger partial charge >= 0.3 is 0 Å². The molecule has 5 nitrogen and oxygen atoms in total. The summed E-state index contributed by atoms with van der Waals surface area (Å²) in [6.07, 6.45) is 3.15. The Balaban J connectivity index is 1.85. The number of aryl methyl sites for hydroxylation is 2. The summed E-state index contributed by atoms with van der Waals surface area (Å²) in [4.78, 5) is 15.4. The monoisotopic (exact) mass is 431 g/mol. The lowest BCUT2D eigenvalue weighted by atomic mass is 9.92. The van der Waals surface area contributed by atoms with Crippen LogP contribution in [0.25, 0.3) is 11.3 Å². The van der Waals surface area contributed by atoms with Crippen molar-refractivity contribution in [1.29, 1.82) is 0 Å². The normalized spacial score (nSPS) is 15.6. The van der Waals surface area contributed by atoms with Crippen molar-refractivity contribution in [3.63, 3.8) is 0 Å². The van der Waals surface area contributed by atoms with Crippen molar-refractivity contribution in [1.82, 2.24) is 15.1 Å². The number of aromatic hydroxyl groups is 1. The Bertz CT molecular complexity index is 1110. The predicted molar refractivity (Wildman–Crippen MR) is 128 cm³/mol. The number of H-pyrrole nitrogens is 1. The summed E-state index contributed by atoms with van der Waals surface area (Å²) in [5.74, 6) is 0.627. The maximum atomic E-state index is 13.4. The fourth-order valence-corrected chi connectivity index (χ4v) is 4.81. The Morgan fingerprint density at radius 3 is 2.47 bits per heavy atom. The summed E-state index contributed by atoms with van der Waals surface area (Å²) in [5, 5.41) is 18.3. The number of fused-ring (bicyclic) bond motifs is 1. The molecule has 1 atom stereocenters. The Morgan fingerprint density at radius 2 is 1.84 bits per heavy atom. The molecule has 0 saturated heterocycles. The number of unbranched alkanes of at least 4 members (excludes halogenated alkanes) is 2. The van der Waals surface area contributed by atoms with Gasteiger partial charge in [0.25, 0.3) is 5.91 Å². The molecule has 5 heteroatoms. The van der Waals surface area contributed by atoms with E-state index in [1.165, 1.54) is 5.56 Å². The number of phenolic OH excluding ortho intramolecular Hbond substituents is 1. The third-order valence-electron chi connectivity index (χ3n) is 6.48. The van der Waals surface area contributed by atoms with Crippen molar-refractivity contribution in [2.75, 3.05) is 6.54 Å². The fraction of sp³-hybridized carbons (Fsp3) is 0.407. The van der Waals surface area contributed by atoms with E-state index in [0.29, 0.717) is 29.4 Å². The molecule has 0 radical (unpaired) electrons. The first-order valence-corrected chi connectivity index (χ1v) is 11.6. The first kappa shape index (κ1) is 22.1. The summed E-state index contributed by atoms with van der Waals surface area (Å²) in [6, 6.07) is 12.2. The van der Waals surface area contributed by atoms with Crippen molar-refractivity contribution in [2.24, 2.45) is 0 Å². The molecule has 1 unspecified atom stereocenters. The number of rotatable bonds is 7. The van der Waals surface area contributed by atoms with Crippen LogP contribution in [-0.2, 0) is 0 Å². The van der Waals surface area contributed by atoms with Gasteiger partial charge in [0, 0.05) is 17.7 Å². The maximum absolute atomic E-state index is 13.4. The topological polar surface area (TPSA) is 69.2 Å². The molecule has 3 aromatic rings. The van der Waals surface area contributed by atoms with E-state index in [1.54, 1.807) is 6.07 Å². The van der Waals surface area contributed by atoms with Gasteiger partial charge in [0.05, 0.1) is 6.04 Å². The Labute approximate surface area is 190 Å². The van der Waals surface area contributed by atoms with Crippen molar-refractivity contribution < 1.29 is 9.90 Å². The highest BCUT2D eigenvalue weighted by atomic mass is 16.3. The van der Waals surface area contributed by atoms with Crippen LogP contribution in [-0.4, -0.2) is 32.7 Å². The minimum absolute atomic E-state index is 0.0166. The van der Waals surface area contributed by atoms with E-state index in [2.05, 4.69) is 55.2 Å². The summed E-state index contributed by atoms with van der Waals surface area (Å²) in [6.45, 7) is 11.2. The molecule has 1 aliphatic rings. The largest absolute Gasteiger partial charge is 0.507 e. The first-order valence-electron chi connectivity index (χ1n) is 11.6. The van der Waals surface area contributed by atoms with E-state index in [0.717, 1.165) is 41.5 Å². The van der Waals surface area contributed by atoms with Gasteiger partial charge in [-0.25, -0.2) is 0 Å². The standard InChI is InChI=1S/C27H33N3O2/c1-6-7-8-13-30-26(20-11-9-19(10-12-20)16(2)3)23-24(28-29-25(23)27(30)32)22-18(5)14-17(4)15-21(22)31/h9-12,14-16,26,31H,6-8,13H2,1-5H3,(H,28,29). The van der Waals surface area contributed by atoms with Crippen molar-refractivity contribution in [3.05, 3.63) is 69.9 Å². The molecule has 0 aliphatic carbocycles. The van der Waals surface area contributed by atoms with Crippen LogP contribution in [0.15, 0.2) is 36.4 Å². The highest BCUT2D eigenvalue weighted by Gasteiger charge is 2.42. The number of nitrogens with zero attached hydrogens (tertiary/aromatic N) is 2. The average molecular weight is 432 g/mol. The second-order valence-corrected chi connectivity index (χ2v) is 9.27. The van der Waals surface area contributed by atoms with Crippen LogP contribution >= 0.6 is 0 Å². The van der Waals surface area contributed by atoms with Gasteiger partial charge in [-0.3, -0.25) is 9.89 Å². The number of carbonyl (C=O) groups excluding carboxylic acids is 1. The molecule has 2 N–H and O–H groups in total. The molecule has 1 amide bonds. The number of nitrogens with one attached hydrogen (secondary N) is 1. The molecule has 4 rings (SSSR count). The Hall–Kier alpha value is -3.08. The van der Waals surface area contributed by atoms with E-state index in [-0.39, 0.29) is 17.7 Å². The molecule has 168 valence electrons. The van der Waals surface area contributed by atoms with Crippen LogP contribution in [0.3, 0.4) is 0 Å². The van der Waals surface area contributed by atoms with Crippen LogP contribution in [0, 0.1) is 13.8 Å². The third-order valence-corrected chi connectivity index (χ3v) is 6.48. The van der Waals surface area contributed by atoms with Crippen molar-refractivity contribution in [3.8, 4) is 17.0 Å². The van der Waals surface area contributed by atoms with Gasteiger partial charge < -0.3 is 10.0 Å². The van der Waals surface area contributed by atoms with Crippen LogP contribution in [0.5, 0.6) is 5.75 Å². The molecule has 1 aliphatic heterocycles. The lowest BCUT2D eigenvalue weighted by Crippen LogP contribution is -2.30. The maximum Gasteiger partial charge on any atom is 0.273 e. The number of aromatic nitrogens is 2. The Morgan fingerprint density at radius 1 is 1.12 bits per heavy atom.